The highest BCUT2D eigenvalue weighted by molar-refractivity contribution is 7.55. The van der Waals surface area contributed by atoms with Crippen LogP contribution in [0.15, 0.2) is 24.3 Å². The first-order valence-corrected chi connectivity index (χ1v) is 10.3. The highest BCUT2D eigenvalue weighted by Crippen LogP contribution is 2.62. The number of carbonyl (C=O) groups is 2. The molecule has 1 aromatic rings. The average Bonchev–Trinajstić information content (AvgIpc) is 2.44. The zero-order valence-corrected chi connectivity index (χ0v) is 15.5. The molecule has 0 aliphatic carbocycles. The number of aliphatic carboxylic acids is 2. The van der Waals surface area contributed by atoms with Gasteiger partial charge in [-0.05, 0) is 17.7 Å². The molecule has 1 aromatic carbocycles. The van der Waals surface area contributed by atoms with Gasteiger partial charge in [0.15, 0.2) is 10.8 Å². The van der Waals surface area contributed by atoms with Crippen molar-refractivity contribution >= 4 is 32.8 Å². The molecule has 2 atom stereocenters. The number of carboxylic acid groups (broad SMARTS) is 2. The number of hydrogen-bond acceptors (Lipinski definition) is 5. The van der Waals surface area contributed by atoms with Crippen LogP contribution in [-0.4, -0.2) is 61.5 Å². The number of benzene rings is 1. The number of anilines is 1. The quantitative estimate of drug-likeness (QED) is 0.321. The third-order valence-corrected chi connectivity index (χ3v) is 6.73. The fourth-order valence-electron chi connectivity index (χ4n) is 2.41. The molecule has 13 heteroatoms. The van der Waals surface area contributed by atoms with Crippen LogP contribution < -0.4 is 4.90 Å². The van der Waals surface area contributed by atoms with E-state index in [1.165, 1.54) is 12.1 Å². The molecule has 11 nitrogen and oxygen atoms in total. The van der Waals surface area contributed by atoms with Crippen molar-refractivity contribution in [2.75, 3.05) is 19.0 Å². The monoisotopic (exact) mass is 411 g/mol. The molecule has 0 aliphatic rings. The molecule has 146 valence electrons. The van der Waals surface area contributed by atoms with Crippen molar-refractivity contribution in [3.8, 4) is 0 Å². The second-order valence-corrected chi connectivity index (χ2v) is 9.45. The van der Waals surface area contributed by atoms with Crippen LogP contribution in [0.1, 0.15) is 12.0 Å². The second-order valence-electron chi connectivity index (χ2n) is 5.80. The van der Waals surface area contributed by atoms with Gasteiger partial charge in [0.2, 0.25) is 0 Å². The van der Waals surface area contributed by atoms with Crippen LogP contribution >= 0.6 is 15.2 Å². The van der Waals surface area contributed by atoms with E-state index in [1.54, 1.807) is 19.0 Å². The molecule has 0 bridgehead atoms. The SMILES string of the molecule is CN(C)c1ccc(C(CC(C(=O)O)P(=O)(O)O)(C(=O)O)P(=O)(O)O)cc1. The third kappa shape index (κ3) is 4.32. The maximum Gasteiger partial charge on any atom is 0.347 e. The van der Waals surface area contributed by atoms with E-state index in [-0.39, 0.29) is 0 Å². The van der Waals surface area contributed by atoms with Crippen molar-refractivity contribution < 1.29 is 48.5 Å². The summed E-state index contributed by atoms with van der Waals surface area (Å²) in [5.41, 5.74) is -2.52. The van der Waals surface area contributed by atoms with Crippen LogP contribution in [0.4, 0.5) is 5.69 Å². The Morgan fingerprint density at radius 3 is 1.77 bits per heavy atom. The Morgan fingerprint density at radius 2 is 1.50 bits per heavy atom. The Bertz CT molecular complexity index is 781. The lowest BCUT2D eigenvalue weighted by Crippen LogP contribution is -2.41. The van der Waals surface area contributed by atoms with Gasteiger partial charge < -0.3 is 34.7 Å². The molecule has 6 N–H and O–H groups in total. The molecule has 0 spiro atoms. The molecule has 26 heavy (non-hydrogen) atoms. The first-order valence-electron chi connectivity index (χ1n) is 6.99. The van der Waals surface area contributed by atoms with Crippen molar-refractivity contribution in [3.05, 3.63) is 29.8 Å². The molecule has 0 aromatic heterocycles. The topological polar surface area (TPSA) is 193 Å². The summed E-state index contributed by atoms with van der Waals surface area (Å²) in [7, 11) is -7.68. The first kappa shape index (κ1) is 22.3. The summed E-state index contributed by atoms with van der Waals surface area (Å²) in [5.74, 6) is -4.16. The van der Waals surface area contributed by atoms with E-state index in [4.69, 9.17) is 5.11 Å². The number of carboxylic acids is 2. The minimum absolute atomic E-state index is 0.469. The van der Waals surface area contributed by atoms with Gasteiger partial charge >= 0.3 is 27.1 Å². The third-order valence-electron chi connectivity index (χ3n) is 3.89. The summed E-state index contributed by atoms with van der Waals surface area (Å²) in [5, 5.41) is 15.4. The van der Waals surface area contributed by atoms with Crippen LogP contribution in [0.2, 0.25) is 0 Å². The summed E-state index contributed by atoms with van der Waals surface area (Å²) in [6.07, 6.45) is -1.49. The largest absolute Gasteiger partial charge is 0.481 e. The van der Waals surface area contributed by atoms with E-state index in [0.29, 0.717) is 5.69 Å². The highest BCUT2D eigenvalue weighted by atomic mass is 31.2. The van der Waals surface area contributed by atoms with Crippen molar-refractivity contribution in [2.45, 2.75) is 17.2 Å². The second kappa shape index (κ2) is 7.48. The minimum atomic E-state index is -5.61. The van der Waals surface area contributed by atoms with Gasteiger partial charge in [0, 0.05) is 26.2 Å². The Labute approximate surface area is 148 Å². The fraction of sp³-hybridized carbons (Fsp3) is 0.385. The van der Waals surface area contributed by atoms with Crippen molar-refractivity contribution in [2.24, 2.45) is 0 Å². The predicted octanol–water partition coefficient (Wildman–Crippen LogP) is 0.231. The molecule has 2 unspecified atom stereocenters. The van der Waals surface area contributed by atoms with Crippen LogP contribution in [0, 0.1) is 0 Å². The van der Waals surface area contributed by atoms with Gasteiger partial charge in [-0.1, -0.05) is 12.1 Å². The maximum atomic E-state index is 12.1. The predicted molar refractivity (Wildman–Crippen MR) is 90.2 cm³/mol. The van der Waals surface area contributed by atoms with Gasteiger partial charge in [0.05, 0.1) is 0 Å². The van der Waals surface area contributed by atoms with Crippen LogP contribution in [0.25, 0.3) is 0 Å². The number of nitrogens with zero attached hydrogens (tertiary/aromatic N) is 1. The molecule has 0 fully saturated rings. The van der Waals surface area contributed by atoms with E-state index in [9.17, 15) is 43.4 Å². The van der Waals surface area contributed by atoms with E-state index in [1.807, 2.05) is 0 Å². The summed E-state index contributed by atoms with van der Waals surface area (Å²) >= 11 is 0. The molecular formula is C13H19NO10P2. The molecule has 0 saturated heterocycles. The number of hydrogen-bond donors (Lipinski definition) is 6. The lowest BCUT2D eigenvalue weighted by molar-refractivity contribution is -0.142. The Morgan fingerprint density at radius 1 is 1.04 bits per heavy atom. The number of rotatable bonds is 8. The molecule has 0 saturated carbocycles. The Kier molecular flexibility index (Phi) is 6.41. The van der Waals surface area contributed by atoms with Crippen molar-refractivity contribution in [1.29, 1.82) is 0 Å². The highest BCUT2D eigenvalue weighted by Gasteiger charge is 2.59. The lowest BCUT2D eigenvalue weighted by Gasteiger charge is -2.33. The van der Waals surface area contributed by atoms with Gasteiger partial charge in [0.25, 0.3) is 0 Å². The fourth-order valence-corrected chi connectivity index (χ4v) is 4.50. The molecule has 0 radical (unpaired) electrons. The van der Waals surface area contributed by atoms with E-state index >= 15 is 0 Å². The van der Waals surface area contributed by atoms with Gasteiger partial charge in [0.1, 0.15) is 0 Å². The van der Waals surface area contributed by atoms with Crippen LogP contribution in [0.3, 0.4) is 0 Å². The van der Waals surface area contributed by atoms with Gasteiger partial charge in [-0.25, -0.2) is 0 Å². The van der Waals surface area contributed by atoms with Crippen LogP contribution in [-0.2, 0) is 23.9 Å². The zero-order chi connectivity index (χ0) is 20.5. The van der Waals surface area contributed by atoms with E-state index in [2.05, 4.69) is 0 Å². The van der Waals surface area contributed by atoms with Crippen molar-refractivity contribution in [3.63, 3.8) is 0 Å². The lowest BCUT2D eigenvalue weighted by atomic mass is 9.92. The summed E-state index contributed by atoms with van der Waals surface area (Å²) in [4.78, 5) is 62.5. The summed E-state index contributed by atoms with van der Waals surface area (Å²) in [6, 6.07) is 4.83. The summed E-state index contributed by atoms with van der Waals surface area (Å²) in [6.45, 7) is 0. The Balaban J connectivity index is 3.68. The molecule has 0 aliphatic heterocycles. The zero-order valence-electron chi connectivity index (χ0n) is 13.8. The molecular weight excluding hydrogens is 392 g/mol. The minimum Gasteiger partial charge on any atom is -0.481 e. The molecule has 1 rings (SSSR count). The van der Waals surface area contributed by atoms with Gasteiger partial charge in [-0.15, -0.1) is 0 Å². The van der Waals surface area contributed by atoms with Gasteiger partial charge in [-0.2, -0.15) is 0 Å². The Hall–Kier alpha value is -1.74. The maximum absolute atomic E-state index is 12.1. The van der Waals surface area contributed by atoms with E-state index < -0.39 is 49.9 Å². The van der Waals surface area contributed by atoms with Gasteiger partial charge in [-0.3, -0.25) is 18.7 Å². The smallest absolute Gasteiger partial charge is 0.347 e. The van der Waals surface area contributed by atoms with E-state index in [0.717, 1.165) is 12.1 Å². The summed E-state index contributed by atoms with van der Waals surface area (Å²) < 4.78 is 23.5. The first-order chi connectivity index (χ1) is 11.6. The molecule has 0 heterocycles. The van der Waals surface area contributed by atoms with Crippen LogP contribution in [0.5, 0.6) is 0 Å². The average molecular weight is 411 g/mol. The van der Waals surface area contributed by atoms with Crippen molar-refractivity contribution in [1.82, 2.24) is 0 Å². The normalized spacial score (nSPS) is 15.8. The molecule has 0 amide bonds. The standard InChI is InChI=1S/C13H19NO10P2/c1-14(2)9-5-3-8(4-6-9)13(12(17)18,26(22,23)24)7-10(11(15)16)25(19,20)21/h3-6,10H,7H2,1-2H3,(H,15,16)(H,17,18)(H2,19,20,21)(H2,22,23,24).